The molecule has 6 heteroatoms. The van der Waals surface area contributed by atoms with Crippen LogP contribution in [0.15, 0.2) is 30.3 Å². The van der Waals surface area contributed by atoms with Gasteiger partial charge in [-0.2, -0.15) is 0 Å². The van der Waals surface area contributed by atoms with Gasteiger partial charge in [0.05, 0.1) is 19.2 Å². The molecule has 1 atom stereocenters. The molecule has 2 rings (SSSR count). The van der Waals surface area contributed by atoms with Crippen LogP contribution in [0.3, 0.4) is 0 Å². The summed E-state index contributed by atoms with van der Waals surface area (Å²) in [6.07, 6.45) is -1.11. The number of nitrogens with one attached hydrogen (secondary N) is 2. The minimum absolute atomic E-state index is 0.0994. The van der Waals surface area contributed by atoms with E-state index < -0.39 is 12.0 Å². The Morgan fingerprint density at radius 2 is 2.15 bits per heavy atom. The first-order valence-electron chi connectivity index (χ1n) is 6.22. The van der Waals surface area contributed by atoms with E-state index in [1.54, 1.807) is 13.2 Å². The van der Waals surface area contributed by atoms with Crippen molar-refractivity contribution in [2.45, 2.75) is 6.10 Å². The van der Waals surface area contributed by atoms with Gasteiger partial charge in [0.1, 0.15) is 17.7 Å². The van der Waals surface area contributed by atoms with E-state index in [1.807, 2.05) is 24.3 Å². The van der Waals surface area contributed by atoms with Gasteiger partial charge in [-0.25, -0.2) is 4.98 Å². The number of likely N-dealkylation sites (N-methyl/N-ethyl adjacent to an activating group) is 1. The number of fused-ring (bicyclic) bond motifs is 1. The maximum absolute atomic E-state index is 11.2. The number of hydrogen-bond acceptors (Lipinski definition) is 5. The molecule has 0 aliphatic carbocycles. The van der Waals surface area contributed by atoms with Gasteiger partial charge in [-0.15, -0.1) is 0 Å². The van der Waals surface area contributed by atoms with Crippen LogP contribution in [-0.4, -0.2) is 42.8 Å². The molecule has 1 heterocycles. The monoisotopic (exact) mass is 275 g/mol. The van der Waals surface area contributed by atoms with Crippen LogP contribution in [0.25, 0.3) is 10.9 Å². The number of rotatable bonds is 5. The highest BCUT2D eigenvalue weighted by Crippen LogP contribution is 2.20. The van der Waals surface area contributed by atoms with E-state index in [1.165, 1.54) is 7.05 Å². The first-order valence-corrected chi connectivity index (χ1v) is 6.22. The molecule has 1 aromatic carbocycles. The van der Waals surface area contributed by atoms with Crippen molar-refractivity contribution < 1.29 is 14.6 Å². The number of aromatic nitrogens is 1. The molecular formula is C14H17N3O3. The third-order valence-electron chi connectivity index (χ3n) is 2.92. The SMILES string of the molecule is CNC(=O)C(O)CNc1ccc2ccc(OC)cc2n1. The van der Waals surface area contributed by atoms with E-state index in [-0.39, 0.29) is 6.54 Å². The molecule has 0 aliphatic heterocycles. The molecule has 0 aliphatic rings. The Labute approximate surface area is 116 Å². The molecule has 1 aromatic heterocycles. The van der Waals surface area contributed by atoms with E-state index in [2.05, 4.69) is 15.6 Å². The minimum atomic E-state index is -1.11. The van der Waals surface area contributed by atoms with E-state index in [9.17, 15) is 9.90 Å². The quantitative estimate of drug-likeness (QED) is 0.750. The zero-order valence-electron chi connectivity index (χ0n) is 11.4. The predicted molar refractivity (Wildman–Crippen MR) is 76.9 cm³/mol. The summed E-state index contributed by atoms with van der Waals surface area (Å²) in [7, 11) is 3.08. The summed E-state index contributed by atoms with van der Waals surface area (Å²) in [5, 5.41) is 15.8. The minimum Gasteiger partial charge on any atom is -0.497 e. The summed E-state index contributed by atoms with van der Waals surface area (Å²) in [5.74, 6) is 0.890. The smallest absolute Gasteiger partial charge is 0.250 e. The van der Waals surface area contributed by atoms with E-state index in [4.69, 9.17) is 4.74 Å². The number of nitrogens with zero attached hydrogens (tertiary/aromatic N) is 1. The molecule has 3 N–H and O–H groups in total. The molecule has 0 saturated heterocycles. The van der Waals surface area contributed by atoms with E-state index >= 15 is 0 Å². The van der Waals surface area contributed by atoms with Crippen molar-refractivity contribution >= 4 is 22.6 Å². The molecule has 0 bridgehead atoms. The Morgan fingerprint density at radius 3 is 2.85 bits per heavy atom. The van der Waals surface area contributed by atoms with Crippen LogP contribution in [-0.2, 0) is 4.79 Å². The maximum atomic E-state index is 11.2. The summed E-state index contributed by atoms with van der Waals surface area (Å²) >= 11 is 0. The van der Waals surface area contributed by atoms with Gasteiger partial charge in [-0.1, -0.05) is 0 Å². The molecule has 0 spiro atoms. The Hall–Kier alpha value is -2.34. The topological polar surface area (TPSA) is 83.5 Å². The number of aliphatic hydroxyl groups is 1. The summed E-state index contributed by atoms with van der Waals surface area (Å²) in [4.78, 5) is 15.6. The molecule has 0 saturated carbocycles. The third kappa shape index (κ3) is 3.16. The first-order chi connectivity index (χ1) is 9.63. The van der Waals surface area contributed by atoms with Crippen molar-refractivity contribution in [1.29, 1.82) is 0 Å². The van der Waals surface area contributed by atoms with Crippen molar-refractivity contribution in [2.24, 2.45) is 0 Å². The maximum Gasteiger partial charge on any atom is 0.250 e. The molecule has 1 unspecified atom stereocenters. The Morgan fingerprint density at radius 1 is 1.40 bits per heavy atom. The van der Waals surface area contributed by atoms with E-state index in [0.29, 0.717) is 5.82 Å². The van der Waals surface area contributed by atoms with Crippen LogP contribution < -0.4 is 15.4 Å². The van der Waals surface area contributed by atoms with Crippen molar-refractivity contribution in [2.75, 3.05) is 26.0 Å². The molecule has 106 valence electrons. The van der Waals surface area contributed by atoms with Gasteiger partial charge in [0.25, 0.3) is 0 Å². The largest absolute Gasteiger partial charge is 0.497 e. The average Bonchev–Trinajstić information content (AvgIpc) is 2.50. The molecule has 0 fully saturated rings. The number of ether oxygens (including phenoxy) is 1. The highest BCUT2D eigenvalue weighted by molar-refractivity contribution is 5.82. The lowest BCUT2D eigenvalue weighted by atomic mass is 10.2. The number of carbonyl (C=O) groups is 1. The summed E-state index contributed by atoms with van der Waals surface area (Å²) in [6, 6.07) is 9.33. The number of carbonyl (C=O) groups excluding carboxylic acids is 1. The molecular weight excluding hydrogens is 258 g/mol. The standard InChI is InChI=1S/C14H17N3O3/c1-15-14(19)12(18)8-16-13-6-4-9-3-5-10(20-2)7-11(9)17-13/h3-7,12,18H,8H2,1-2H3,(H,15,19)(H,16,17). The fourth-order valence-corrected chi connectivity index (χ4v) is 1.78. The van der Waals surface area contributed by atoms with Gasteiger partial charge in [0, 0.05) is 18.5 Å². The molecule has 2 aromatic rings. The lowest BCUT2D eigenvalue weighted by Gasteiger charge is -2.11. The molecule has 20 heavy (non-hydrogen) atoms. The lowest BCUT2D eigenvalue weighted by molar-refractivity contribution is -0.128. The molecule has 1 amide bonds. The summed E-state index contributed by atoms with van der Waals surface area (Å²) in [6.45, 7) is 0.0994. The first kappa shape index (κ1) is 14.1. The number of amides is 1. The summed E-state index contributed by atoms with van der Waals surface area (Å²) < 4.78 is 5.15. The second-order valence-corrected chi connectivity index (χ2v) is 4.27. The Bertz CT molecular complexity index is 616. The van der Waals surface area contributed by atoms with Crippen molar-refractivity contribution in [3.63, 3.8) is 0 Å². The number of anilines is 1. The molecule has 0 radical (unpaired) electrons. The van der Waals surface area contributed by atoms with Crippen LogP contribution in [0.1, 0.15) is 0 Å². The average molecular weight is 275 g/mol. The molecule has 6 nitrogen and oxygen atoms in total. The van der Waals surface area contributed by atoms with Crippen LogP contribution in [0.4, 0.5) is 5.82 Å². The Kier molecular flexibility index (Phi) is 4.37. The van der Waals surface area contributed by atoms with Crippen molar-refractivity contribution in [3.8, 4) is 5.75 Å². The summed E-state index contributed by atoms with van der Waals surface area (Å²) in [5.41, 5.74) is 0.781. The van der Waals surface area contributed by atoms with Gasteiger partial charge in [-0.3, -0.25) is 4.79 Å². The van der Waals surface area contributed by atoms with Gasteiger partial charge >= 0.3 is 0 Å². The van der Waals surface area contributed by atoms with Crippen LogP contribution in [0.5, 0.6) is 5.75 Å². The van der Waals surface area contributed by atoms with Gasteiger partial charge < -0.3 is 20.5 Å². The normalized spacial score (nSPS) is 11.9. The van der Waals surface area contributed by atoms with Crippen LogP contribution in [0, 0.1) is 0 Å². The van der Waals surface area contributed by atoms with Crippen molar-refractivity contribution in [1.82, 2.24) is 10.3 Å². The number of hydrogen-bond donors (Lipinski definition) is 3. The number of aliphatic hydroxyl groups excluding tert-OH is 1. The fraction of sp³-hybridized carbons (Fsp3) is 0.286. The zero-order chi connectivity index (χ0) is 14.5. The second-order valence-electron chi connectivity index (χ2n) is 4.27. The van der Waals surface area contributed by atoms with E-state index in [0.717, 1.165) is 16.7 Å². The highest BCUT2D eigenvalue weighted by atomic mass is 16.5. The van der Waals surface area contributed by atoms with Gasteiger partial charge in [-0.05, 0) is 24.3 Å². The number of benzene rings is 1. The zero-order valence-corrected chi connectivity index (χ0v) is 11.4. The lowest BCUT2D eigenvalue weighted by Crippen LogP contribution is -2.36. The second kappa shape index (κ2) is 6.21. The van der Waals surface area contributed by atoms with Crippen molar-refractivity contribution in [3.05, 3.63) is 30.3 Å². The van der Waals surface area contributed by atoms with Crippen LogP contribution >= 0.6 is 0 Å². The van der Waals surface area contributed by atoms with Gasteiger partial charge in [0.2, 0.25) is 5.91 Å². The number of methoxy groups -OCH3 is 1. The van der Waals surface area contributed by atoms with Gasteiger partial charge in [0.15, 0.2) is 0 Å². The highest BCUT2D eigenvalue weighted by Gasteiger charge is 2.12. The fourth-order valence-electron chi connectivity index (χ4n) is 1.78. The number of pyridine rings is 1. The third-order valence-corrected chi connectivity index (χ3v) is 2.92. The van der Waals surface area contributed by atoms with Crippen LogP contribution in [0.2, 0.25) is 0 Å². The predicted octanol–water partition coefficient (Wildman–Crippen LogP) is 0.762. The Balaban J connectivity index is 2.12.